The number of thiocarbonyl (C=S) groups is 1. The molecule has 1 fully saturated rings. The van der Waals surface area contributed by atoms with Crippen molar-refractivity contribution in [2.24, 2.45) is 5.92 Å². The Morgan fingerprint density at radius 3 is 2.16 bits per heavy atom. The summed E-state index contributed by atoms with van der Waals surface area (Å²) in [5, 5.41) is 6.01. The number of carbonyl (C=O) groups is 1. The first-order valence-electron chi connectivity index (χ1n) is 8.23. The van der Waals surface area contributed by atoms with Gasteiger partial charge in [0.2, 0.25) is 5.91 Å². The van der Waals surface area contributed by atoms with Gasteiger partial charge in [0.1, 0.15) is 24.7 Å². The molecule has 0 spiro atoms. The fourth-order valence-corrected chi connectivity index (χ4v) is 2.41. The van der Waals surface area contributed by atoms with Crippen LogP contribution in [-0.4, -0.2) is 24.2 Å². The molecule has 0 radical (unpaired) electrons. The van der Waals surface area contributed by atoms with Gasteiger partial charge in [-0.15, -0.1) is 0 Å². The summed E-state index contributed by atoms with van der Waals surface area (Å²) in [6, 6.07) is 17.0. The lowest BCUT2D eigenvalue weighted by Crippen LogP contribution is -2.35. The van der Waals surface area contributed by atoms with Crippen LogP contribution in [0.15, 0.2) is 54.6 Å². The lowest BCUT2D eigenvalue weighted by molar-refractivity contribution is -0.120. The van der Waals surface area contributed by atoms with Gasteiger partial charge < -0.3 is 20.1 Å². The largest absolute Gasteiger partial charge is 0.490 e. The maximum absolute atomic E-state index is 11.6. The molecule has 0 unspecified atom stereocenters. The third-order valence-electron chi connectivity index (χ3n) is 3.66. The van der Waals surface area contributed by atoms with Crippen molar-refractivity contribution < 1.29 is 14.3 Å². The molecule has 2 aromatic rings. The highest BCUT2D eigenvalue weighted by Gasteiger charge is 2.29. The summed E-state index contributed by atoms with van der Waals surface area (Å²) < 4.78 is 11.2. The second-order valence-corrected chi connectivity index (χ2v) is 6.16. The molecule has 25 heavy (non-hydrogen) atoms. The van der Waals surface area contributed by atoms with Gasteiger partial charge in [0, 0.05) is 11.6 Å². The van der Waals surface area contributed by atoms with Crippen molar-refractivity contribution in [2.45, 2.75) is 12.8 Å². The van der Waals surface area contributed by atoms with E-state index in [0.717, 1.165) is 30.0 Å². The van der Waals surface area contributed by atoms with Crippen molar-refractivity contribution in [3.05, 3.63) is 54.6 Å². The Bertz CT molecular complexity index is 715. The van der Waals surface area contributed by atoms with Gasteiger partial charge in [-0.1, -0.05) is 18.2 Å². The van der Waals surface area contributed by atoms with Gasteiger partial charge in [-0.05, 0) is 61.5 Å². The third kappa shape index (κ3) is 5.76. The number of carbonyl (C=O) groups excluding carboxylic acids is 1. The molecule has 2 N–H and O–H groups in total. The molecule has 130 valence electrons. The smallest absolute Gasteiger partial charge is 0.229 e. The lowest BCUT2D eigenvalue weighted by Gasteiger charge is -2.11. The molecule has 0 atom stereocenters. The highest BCUT2D eigenvalue weighted by molar-refractivity contribution is 7.80. The van der Waals surface area contributed by atoms with Crippen LogP contribution in [-0.2, 0) is 4.79 Å². The van der Waals surface area contributed by atoms with Gasteiger partial charge >= 0.3 is 0 Å². The van der Waals surface area contributed by atoms with Gasteiger partial charge in [0.25, 0.3) is 0 Å². The minimum absolute atomic E-state index is 0.00382. The highest BCUT2D eigenvalue weighted by Crippen LogP contribution is 2.28. The van der Waals surface area contributed by atoms with Crippen molar-refractivity contribution >= 4 is 28.9 Å². The fraction of sp³-hybridized carbons (Fsp3) is 0.263. The first-order chi connectivity index (χ1) is 12.2. The van der Waals surface area contributed by atoms with Crippen LogP contribution in [0.25, 0.3) is 0 Å². The number of para-hydroxylation sites is 1. The van der Waals surface area contributed by atoms with Crippen LogP contribution in [0, 0.1) is 5.92 Å². The number of ether oxygens (including phenoxy) is 2. The van der Waals surface area contributed by atoms with Crippen LogP contribution in [0.1, 0.15) is 12.8 Å². The summed E-state index contributed by atoms with van der Waals surface area (Å²) in [6.45, 7) is 0.929. The SMILES string of the molecule is O=C(NC(=S)Nc1ccc(OCCOc2ccccc2)cc1)C1CC1. The Kier molecular flexibility index (Phi) is 5.85. The molecule has 0 aromatic heterocycles. The predicted octanol–water partition coefficient (Wildman–Crippen LogP) is 3.37. The molecule has 5 nitrogen and oxygen atoms in total. The topological polar surface area (TPSA) is 59.6 Å². The molecule has 3 rings (SSSR count). The maximum Gasteiger partial charge on any atom is 0.229 e. The van der Waals surface area contributed by atoms with Crippen molar-refractivity contribution in [1.82, 2.24) is 5.32 Å². The van der Waals surface area contributed by atoms with Crippen molar-refractivity contribution in [3.63, 3.8) is 0 Å². The van der Waals surface area contributed by atoms with E-state index in [2.05, 4.69) is 10.6 Å². The zero-order chi connectivity index (χ0) is 17.5. The van der Waals surface area contributed by atoms with E-state index >= 15 is 0 Å². The van der Waals surface area contributed by atoms with Crippen LogP contribution in [0.3, 0.4) is 0 Å². The van der Waals surface area contributed by atoms with E-state index in [9.17, 15) is 4.79 Å². The molecule has 0 aliphatic heterocycles. The van der Waals surface area contributed by atoms with Crippen LogP contribution < -0.4 is 20.1 Å². The Labute approximate surface area is 152 Å². The zero-order valence-corrected chi connectivity index (χ0v) is 14.6. The standard InChI is InChI=1S/C19H20N2O3S/c22-18(14-6-7-14)21-19(25)20-15-8-10-17(11-9-15)24-13-12-23-16-4-2-1-3-5-16/h1-5,8-11,14H,6-7,12-13H2,(H2,20,21,22,25). The number of amides is 1. The molecule has 1 amide bonds. The normalized spacial score (nSPS) is 13.0. The molecule has 1 aliphatic rings. The minimum Gasteiger partial charge on any atom is -0.490 e. The Morgan fingerprint density at radius 1 is 0.960 bits per heavy atom. The fourth-order valence-electron chi connectivity index (χ4n) is 2.19. The summed E-state index contributed by atoms with van der Waals surface area (Å²) in [7, 11) is 0. The summed E-state index contributed by atoms with van der Waals surface area (Å²) in [6.07, 6.45) is 1.91. The van der Waals surface area contributed by atoms with Crippen molar-refractivity contribution in [1.29, 1.82) is 0 Å². The molecular weight excluding hydrogens is 336 g/mol. The minimum atomic E-state index is -0.00382. The predicted molar refractivity (Wildman–Crippen MR) is 101 cm³/mol. The van der Waals surface area contributed by atoms with E-state index in [1.807, 2.05) is 54.6 Å². The van der Waals surface area contributed by atoms with E-state index < -0.39 is 0 Å². The molecule has 2 aromatic carbocycles. The molecule has 1 aliphatic carbocycles. The Morgan fingerprint density at radius 2 is 1.56 bits per heavy atom. The molecular formula is C19H20N2O3S. The van der Waals surface area contributed by atoms with Crippen molar-refractivity contribution in [2.75, 3.05) is 18.5 Å². The van der Waals surface area contributed by atoms with Crippen LogP contribution in [0.5, 0.6) is 11.5 Å². The van der Waals surface area contributed by atoms with E-state index in [4.69, 9.17) is 21.7 Å². The van der Waals surface area contributed by atoms with Gasteiger partial charge in [-0.2, -0.15) is 0 Å². The number of nitrogens with one attached hydrogen (secondary N) is 2. The van der Waals surface area contributed by atoms with Gasteiger partial charge in [0.15, 0.2) is 5.11 Å². The van der Waals surface area contributed by atoms with E-state index in [-0.39, 0.29) is 11.8 Å². The first kappa shape index (κ1) is 17.2. The number of hydrogen-bond donors (Lipinski definition) is 2. The molecule has 6 heteroatoms. The third-order valence-corrected chi connectivity index (χ3v) is 3.87. The van der Waals surface area contributed by atoms with E-state index in [1.54, 1.807) is 0 Å². The maximum atomic E-state index is 11.6. The highest BCUT2D eigenvalue weighted by atomic mass is 32.1. The van der Waals surface area contributed by atoms with Gasteiger partial charge in [0.05, 0.1) is 0 Å². The molecule has 0 bridgehead atoms. The van der Waals surface area contributed by atoms with Crippen LogP contribution >= 0.6 is 12.2 Å². The van der Waals surface area contributed by atoms with E-state index in [1.165, 1.54) is 0 Å². The van der Waals surface area contributed by atoms with Gasteiger partial charge in [-0.3, -0.25) is 4.79 Å². The molecule has 1 saturated carbocycles. The molecule has 0 heterocycles. The summed E-state index contributed by atoms with van der Waals surface area (Å²) in [5.41, 5.74) is 0.800. The number of anilines is 1. The van der Waals surface area contributed by atoms with Gasteiger partial charge in [-0.25, -0.2) is 0 Å². The summed E-state index contributed by atoms with van der Waals surface area (Å²) in [5.74, 6) is 1.70. The average Bonchev–Trinajstić information content (AvgIpc) is 3.46. The zero-order valence-electron chi connectivity index (χ0n) is 13.7. The molecule has 0 saturated heterocycles. The average molecular weight is 356 g/mol. The summed E-state index contributed by atoms with van der Waals surface area (Å²) in [4.78, 5) is 11.6. The first-order valence-corrected chi connectivity index (χ1v) is 8.64. The monoisotopic (exact) mass is 356 g/mol. The number of benzene rings is 2. The number of rotatable bonds is 7. The number of hydrogen-bond acceptors (Lipinski definition) is 4. The quantitative estimate of drug-likeness (QED) is 0.588. The van der Waals surface area contributed by atoms with Crippen molar-refractivity contribution in [3.8, 4) is 11.5 Å². The summed E-state index contributed by atoms with van der Waals surface area (Å²) >= 11 is 5.13. The van der Waals surface area contributed by atoms with Crippen LogP contribution in [0.4, 0.5) is 5.69 Å². The second kappa shape index (κ2) is 8.48. The van der Waals surface area contributed by atoms with Crippen LogP contribution in [0.2, 0.25) is 0 Å². The lowest BCUT2D eigenvalue weighted by atomic mass is 10.3. The Hall–Kier alpha value is -2.60. The Balaban J connectivity index is 1.37. The second-order valence-electron chi connectivity index (χ2n) is 5.75. The van der Waals surface area contributed by atoms with E-state index in [0.29, 0.717) is 18.3 Å².